The molecule has 1 aromatic carbocycles. The lowest BCUT2D eigenvalue weighted by Crippen LogP contribution is -1.92. The van der Waals surface area contributed by atoms with Crippen molar-refractivity contribution in [3.63, 3.8) is 0 Å². The van der Waals surface area contributed by atoms with Crippen LogP contribution in [-0.4, -0.2) is 16.2 Å². The molecule has 2 aromatic rings. The van der Waals surface area contributed by atoms with Gasteiger partial charge < -0.3 is 5.84 Å². The Balaban J connectivity index is 2.26. The highest BCUT2D eigenvalue weighted by Crippen LogP contribution is 2.14. The minimum absolute atomic E-state index is 0.735. The van der Waals surface area contributed by atoms with Crippen LogP contribution in [0.1, 0.15) is 18.1 Å². The molecule has 1 heterocycles. The molecule has 0 atom stereocenters. The Kier molecular flexibility index (Phi) is 3.45. The Bertz CT molecular complexity index is 500. The Morgan fingerprint density at radius 3 is 2.35 bits per heavy atom. The molecular weight excluding hydrogens is 212 g/mol. The fourth-order valence-electron chi connectivity index (χ4n) is 1.49. The Morgan fingerprint density at radius 2 is 1.82 bits per heavy atom. The Morgan fingerprint density at radius 1 is 1.18 bits per heavy atom. The van der Waals surface area contributed by atoms with Gasteiger partial charge in [-0.3, -0.25) is 0 Å². The van der Waals surface area contributed by atoms with E-state index in [-0.39, 0.29) is 0 Å². The summed E-state index contributed by atoms with van der Waals surface area (Å²) in [6, 6.07) is 7.78. The molecule has 1 aromatic heterocycles. The number of aryl methyl sites for hydroxylation is 1. The zero-order valence-corrected chi connectivity index (χ0v) is 9.67. The predicted octanol–water partition coefficient (Wildman–Crippen LogP) is 2.00. The van der Waals surface area contributed by atoms with Crippen LogP contribution in [0, 0.1) is 0 Å². The molecule has 0 aliphatic rings. The maximum atomic E-state index is 5.09. The standard InChI is InChI=1S/C13H14N4/c1-2-10-7-15-13(16-8-10)12-5-3-11(4-6-12)9-17-14/h3-9H,2,14H2,1H3. The summed E-state index contributed by atoms with van der Waals surface area (Å²) in [4.78, 5) is 8.65. The number of aromatic nitrogens is 2. The quantitative estimate of drug-likeness (QED) is 0.494. The summed E-state index contributed by atoms with van der Waals surface area (Å²) in [5.74, 6) is 5.82. The highest BCUT2D eigenvalue weighted by molar-refractivity contribution is 5.80. The van der Waals surface area contributed by atoms with Gasteiger partial charge in [-0.1, -0.05) is 31.2 Å². The smallest absolute Gasteiger partial charge is 0.159 e. The van der Waals surface area contributed by atoms with Crippen molar-refractivity contribution in [1.29, 1.82) is 0 Å². The Labute approximate surface area is 100 Å². The fraction of sp³-hybridized carbons (Fsp3) is 0.154. The summed E-state index contributed by atoms with van der Waals surface area (Å²) >= 11 is 0. The van der Waals surface area contributed by atoms with Crippen molar-refractivity contribution in [1.82, 2.24) is 9.97 Å². The predicted molar refractivity (Wildman–Crippen MR) is 68.6 cm³/mol. The second-order valence-electron chi connectivity index (χ2n) is 3.67. The van der Waals surface area contributed by atoms with Gasteiger partial charge in [-0.05, 0) is 17.5 Å². The fourth-order valence-corrected chi connectivity index (χ4v) is 1.49. The van der Waals surface area contributed by atoms with Gasteiger partial charge in [-0.2, -0.15) is 5.10 Å². The average molecular weight is 226 g/mol. The summed E-state index contributed by atoms with van der Waals surface area (Å²) in [5, 5.41) is 3.47. The summed E-state index contributed by atoms with van der Waals surface area (Å²) in [6.45, 7) is 2.08. The van der Waals surface area contributed by atoms with Gasteiger partial charge in [0.1, 0.15) is 0 Å². The van der Waals surface area contributed by atoms with E-state index in [1.807, 2.05) is 36.7 Å². The van der Waals surface area contributed by atoms with E-state index in [1.165, 1.54) is 0 Å². The maximum Gasteiger partial charge on any atom is 0.159 e. The van der Waals surface area contributed by atoms with E-state index in [1.54, 1.807) is 6.21 Å². The third kappa shape index (κ3) is 2.66. The van der Waals surface area contributed by atoms with Crippen LogP contribution < -0.4 is 5.84 Å². The molecule has 0 radical (unpaired) electrons. The van der Waals surface area contributed by atoms with Gasteiger partial charge in [0.05, 0.1) is 6.21 Å². The SMILES string of the molecule is CCc1cnc(-c2ccc(C=NN)cc2)nc1. The molecule has 0 unspecified atom stereocenters. The first-order chi connectivity index (χ1) is 8.33. The molecule has 0 saturated carbocycles. The van der Waals surface area contributed by atoms with Gasteiger partial charge in [0.2, 0.25) is 0 Å². The molecule has 2 rings (SSSR count). The van der Waals surface area contributed by atoms with E-state index in [2.05, 4.69) is 22.0 Å². The van der Waals surface area contributed by atoms with Gasteiger partial charge >= 0.3 is 0 Å². The van der Waals surface area contributed by atoms with Gasteiger partial charge in [-0.25, -0.2) is 9.97 Å². The first kappa shape index (κ1) is 11.3. The third-order valence-electron chi connectivity index (χ3n) is 2.51. The number of hydrazone groups is 1. The molecule has 0 aliphatic carbocycles. The minimum atomic E-state index is 0.735. The van der Waals surface area contributed by atoms with Crippen molar-refractivity contribution < 1.29 is 0 Å². The lowest BCUT2D eigenvalue weighted by atomic mass is 10.1. The summed E-state index contributed by atoms with van der Waals surface area (Å²) < 4.78 is 0. The maximum absolute atomic E-state index is 5.09. The zero-order chi connectivity index (χ0) is 12.1. The number of hydrogen-bond acceptors (Lipinski definition) is 4. The highest BCUT2D eigenvalue weighted by Gasteiger charge is 2.00. The van der Waals surface area contributed by atoms with Gasteiger partial charge in [0.15, 0.2) is 5.82 Å². The molecular formula is C13H14N4. The van der Waals surface area contributed by atoms with E-state index in [0.717, 1.165) is 28.9 Å². The highest BCUT2D eigenvalue weighted by atomic mass is 15.1. The molecule has 0 fully saturated rings. The second kappa shape index (κ2) is 5.21. The van der Waals surface area contributed by atoms with E-state index in [4.69, 9.17) is 5.84 Å². The minimum Gasteiger partial charge on any atom is -0.323 e. The van der Waals surface area contributed by atoms with Gasteiger partial charge in [-0.15, -0.1) is 0 Å². The average Bonchev–Trinajstić information content (AvgIpc) is 2.40. The van der Waals surface area contributed by atoms with Crippen molar-refractivity contribution >= 4 is 6.21 Å². The van der Waals surface area contributed by atoms with Crippen LogP contribution in [0.5, 0.6) is 0 Å². The van der Waals surface area contributed by atoms with Gasteiger partial charge in [0.25, 0.3) is 0 Å². The van der Waals surface area contributed by atoms with E-state index in [0.29, 0.717) is 0 Å². The van der Waals surface area contributed by atoms with Crippen LogP contribution in [-0.2, 0) is 6.42 Å². The van der Waals surface area contributed by atoms with Crippen LogP contribution >= 0.6 is 0 Å². The van der Waals surface area contributed by atoms with Crippen molar-refractivity contribution in [2.75, 3.05) is 0 Å². The zero-order valence-electron chi connectivity index (χ0n) is 9.67. The summed E-state index contributed by atoms with van der Waals surface area (Å²) in [7, 11) is 0. The lowest BCUT2D eigenvalue weighted by molar-refractivity contribution is 1.05. The van der Waals surface area contributed by atoms with Crippen molar-refractivity contribution in [2.45, 2.75) is 13.3 Å². The molecule has 4 heteroatoms. The molecule has 0 bridgehead atoms. The second-order valence-corrected chi connectivity index (χ2v) is 3.67. The lowest BCUT2D eigenvalue weighted by Gasteiger charge is -2.01. The molecule has 4 nitrogen and oxygen atoms in total. The van der Waals surface area contributed by atoms with Crippen molar-refractivity contribution in [3.05, 3.63) is 47.8 Å². The molecule has 17 heavy (non-hydrogen) atoms. The number of hydrogen-bond donors (Lipinski definition) is 1. The molecule has 2 N–H and O–H groups in total. The van der Waals surface area contributed by atoms with E-state index in [9.17, 15) is 0 Å². The van der Waals surface area contributed by atoms with E-state index >= 15 is 0 Å². The van der Waals surface area contributed by atoms with E-state index < -0.39 is 0 Å². The normalized spacial score (nSPS) is 10.9. The molecule has 0 aliphatic heterocycles. The summed E-state index contributed by atoms with van der Waals surface area (Å²) in [5.41, 5.74) is 3.09. The Hall–Kier alpha value is -2.23. The topological polar surface area (TPSA) is 64.2 Å². The number of nitrogens with zero attached hydrogens (tertiary/aromatic N) is 3. The summed E-state index contributed by atoms with van der Waals surface area (Å²) in [6.07, 6.45) is 6.27. The van der Waals surface area contributed by atoms with Crippen molar-refractivity contribution in [3.8, 4) is 11.4 Å². The van der Waals surface area contributed by atoms with Crippen LogP contribution in [0.3, 0.4) is 0 Å². The largest absolute Gasteiger partial charge is 0.323 e. The van der Waals surface area contributed by atoms with Crippen LogP contribution in [0.25, 0.3) is 11.4 Å². The molecule has 0 saturated heterocycles. The first-order valence-electron chi connectivity index (χ1n) is 5.48. The molecule has 86 valence electrons. The van der Waals surface area contributed by atoms with Crippen LogP contribution in [0.4, 0.5) is 0 Å². The number of benzene rings is 1. The van der Waals surface area contributed by atoms with Crippen molar-refractivity contribution in [2.24, 2.45) is 10.9 Å². The van der Waals surface area contributed by atoms with Crippen LogP contribution in [0.15, 0.2) is 41.8 Å². The van der Waals surface area contributed by atoms with Crippen LogP contribution in [0.2, 0.25) is 0 Å². The molecule has 0 amide bonds. The number of rotatable bonds is 3. The van der Waals surface area contributed by atoms with Gasteiger partial charge in [0, 0.05) is 18.0 Å². The third-order valence-corrected chi connectivity index (χ3v) is 2.51. The monoisotopic (exact) mass is 226 g/mol. The molecule has 0 spiro atoms. The number of nitrogens with two attached hydrogens (primary N) is 1. The first-order valence-corrected chi connectivity index (χ1v) is 5.48.